The summed E-state index contributed by atoms with van der Waals surface area (Å²) in [5.41, 5.74) is 0.621. The quantitative estimate of drug-likeness (QED) is 0.312. The van der Waals surface area contributed by atoms with Crippen LogP contribution in [0.5, 0.6) is 11.5 Å². The summed E-state index contributed by atoms with van der Waals surface area (Å²) in [4.78, 5) is 26.1. The average Bonchev–Trinajstić information content (AvgIpc) is 3.18. The van der Waals surface area contributed by atoms with Crippen LogP contribution in [0.4, 0.5) is 4.79 Å². The third kappa shape index (κ3) is 8.49. The molecule has 34 heavy (non-hydrogen) atoms. The molecule has 0 spiro atoms. The summed E-state index contributed by atoms with van der Waals surface area (Å²) in [6.07, 6.45) is 3.21. The van der Waals surface area contributed by atoms with Gasteiger partial charge in [0.25, 0.3) is 0 Å². The highest BCUT2D eigenvalue weighted by molar-refractivity contribution is 5.70. The van der Waals surface area contributed by atoms with Crippen molar-refractivity contribution in [3.63, 3.8) is 0 Å². The monoisotopic (exact) mass is 477 g/mol. The van der Waals surface area contributed by atoms with Crippen molar-refractivity contribution >= 4 is 12.4 Å². The molecule has 2 rings (SSSR count). The van der Waals surface area contributed by atoms with E-state index in [0.717, 1.165) is 31.3 Å². The Bertz CT molecular complexity index is 788. The smallest absolute Gasteiger partial charge is 0.410 e. The van der Waals surface area contributed by atoms with Crippen molar-refractivity contribution in [1.29, 1.82) is 0 Å². The van der Waals surface area contributed by atoms with Crippen molar-refractivity contribution in [3.8, 4) is 11.5 Å². The summed E-state index contributed by atoms with van der Waals surface area (Å²) < 4.78 is 22.1. The van der Waals surface area contributed by atoms with Gasteiger partial charge in [0.2, 0.25) is 0 Å². The maximum absolute atomic E-state index is 12.6. The number of hydrogen-bond acceptors (Lipinski definition) is 6. The first kappa shape index (κ1) is 28.0. The van der Waals surface area contributed by atoms with E-state index < -0.39 is 5.60 Å². The van der Waals surface area contributed by atoms with Gasteiger partial charge >= 0.3 is 6.09 Å². The van der Waals surface area contributed by atoms with Gasteiger partial charge in [-0.25, -0.2) is 4.79 Å². The number of nitrogens with zero attached hydrogens (tertiary/aromatic N) is 1. The first-order valence-electron chi connectivity index (χ1n) is 12.3. The first-order valence-corrected chi connectivity index (χ1v) is 12.3. The van der Waals surface area contributed by atoms with Gasteiger partial charge in [0.15, 0.2) is 11.5 Å². The van der Waals surface area contributed by atoms with E-state index in [1.807, 2.05) is 26.8 Å². The number of carbonyl (C=O) groups is 2. The number of aldehydes is 1. The Morgan fingerprint density at radius 3 is 2.47 bits per heavy atom. The number of likely N-dealkylation sites (tertiary alicyclic amines) is 1. The normalized spacial score (nSPS) is 19.2. The molecular weight excluding hydrogens is 434 g/mol. The fourth-order valence-electron chi connectivity index (χ4n) is 4.40. The molecule has 1 unspecified atom stereocenters. The SMILES string of the molecule is COCCCOc1cc(CC(C[C@H]2CN(C(=O)OC(C)(C)C)C[C@@H]2C=O)C(C)C)ccc1OC. The summed E-state index contributed by atoms with van der Waals surface area (Å²) in [6.45, 7) is 12.2. The van der Waals surface area contributed by atoms with Crippen molar-refractivity contribution < 1.29 is 28.5 Å². The van der Waals surface area contributed by atoms with Crippen molar-refractivity contribution in [3.05, 3.63) is 23.8 Å². The van der Waals surface area contributed by atoms with Gasteiger partial charge in [-0.15, -0.1) is 0 Å². The molecule has 192 valence electrons. The molecule has 0 saturated carbocycles. The number of rotatable bonds is 12. The average molecular weight is 478 g/mol. The topological polar surface area (TPSA) is 74.3 Å². The Labute approximate surface area is 205 Å². The van der Waals surface area contributed by atoms with E-state index >= 15 is 0 Å². The standard InChI is InChI=1S/C27H43NO6/c1-19(2)21(13-20-9-10-24(32-7)25(14-20)33-12-8-11-31-6)15-22-16-28(17-23(22)18-29)26(30)34-27(3,4)5/h9-10,14,18-19,21-23H,8,11-13,15-17H2,1-7H3/t21?,22-,23+/m0/s1. The van der Waals surface area contributed by atoms with Gasteiger partial charge in [-0.3, -0.25) is 0 Å². The molecule has 0 aliphatic carbocycles. The highest BCUT2D eigenvalue weighted by Crippen LogP contribution is 2.35. The van der Waals surface area contributed by atoms with Crippen LogP contribution in [0.15, 0.2) is 18.2 Å². The fraction of sp³-hybridized carbons (Fsp3) is 0.704. The molecular formula is C27H43NO6. The summed E-state index contributed by atoms with van der Waals surface area (Å²) >= 11 is 0. The van der Waals surface area contributed by atoms with E-state index in [2.05, 4.69) is 26.0 Å². The van der Waals surface area contributed by atoms with Gasteiger partial charge in [0.05, 0.1) is 13.7 Å². The first-order chi connectivity index (χ1) is 16.1. The number of hydrogen-bond donors (Lipinski definition) is 0. The zero-order chi connectivity index (χ0) is 25.3. The summed E-state index contributed by atoms with van der Waals surface area (Å²) in [5, 5.41) is 0. The van der Waals surface area contributed by atoms with E-state index in [-0.39, 0.29) is 17.9 Å². The highest BCUT2D eigenvalue weighted by atomic mass is 16.6. The third-order valence-corrected chi connectivity index (χ3v) is 6.34. The Morgan fingerprint density at radius 1 is 1.15 bits per heavy atom. The third-order valence-electron chi connectivity index (χ3n) is 6.34. The largest absolute Gasteiger partial charge is 0.493 e. The van der Waals surface area contributed by atoms with Crippen LogP contribution in [0.1, 0.15) is 53.0 Å². The molecule has 1 aliphatic rings. The second-order valence-corrected chi connectivity index (χ2v) is 10.6. The van der Waals surface area contributed by atoms with Gasteiger partial charge < -0.3 is 28.6 Å². The molecule has 0 bridgehead atoms. The van der Waals surface area contributed by atoms with E-state index in [4.69, 9.17) is 18.9 Å². The summed E-state index contributed by atoms with van der Waals surface area (Å²) in [7, 11) is 3.32. The van der Waals surface area contributed by atoms with Crippen molar-refractivity contribution in [2.24, 2.45) is 23.7 Å². The lowest BCUT2D eigenvalue weighted by Gasteiger charge is -2.26. The molecule has 7 heteroatoms. The Hall–Kier alpha value is -2.28. The van der Waals surface area contributed by atoms with Crippen molar-refractivity contribution in [2.75, 3.05) is 40.5 Å². The lowest BCUT2D eigenvalue weighted by molar-refractivity contribution is -0.111. The van der Waals surface area contributed by atoms with E-state index in [1.54, 1.807) is 19.1 Å². The summed E-state index contributed by atoms with van der Waals surface area (Å²) in [6, 6.07) is 6.08. The van der Waals surface area contributed by atoms with Crippen molar-refractivity contribution in [2.45, 2.75) is 59.5 Å². The van der Waals surface area contributed by atoms with Gasteiger partial charge in [0.1, 0.15) is 11.9 Å². The van der Waals surface area contributed by atoms with Gasteiger partial charge in [0, 0.05) is 39.1 Å². The van der Waals surface area contributed by atoms with Crippen molar-refractivity contribution in [1.82, 2.24) is 4.90 Å². The molecule has 7 nitrogen and oxygen atoms in total. The molecule has 3 atom stereocenters. The zero-order valence-corrected chi connectivity index (χ0v) is 22.0. The number of ether oxygens (including phenoxy) is 4. The highest BCUT2D eigenvalue weighted by Gasteiger charge is 2.38. The van der Waals surface area contributed by atoms with Crippen LogP contribution in [-0.2, 0) is 20.7 Å². The molecule has 1 aromatic rings. The van der Waals surface area contributed by atoms with Crippen LogP contribution >= 0.6 is 0 Å². The Morgan fingerprint density at radius 2 is 1.88 bits per heavy atom. The summed E-state index contributed by atoms with van der Waals surface area (Å²) in [5.74, 6) is 2.20. The maximum Gasteiger partial charge on any atom is 0.410 e. The van der Waals surface area contributed by atoms with Crippen LogP contribution in [-0.4, -0.2) is 63.4 Å². The van der Waals surface area contributed by atoms with Crippen LogP contribution in [0, 0.1) is 23.7 Å². The van der Waals surface area contributed by atoms with Crippen LogP contribution in [0.2, 0.25) is 0 Å². The predicted molar refractivity (Wildman–Crippen MR) is 132 cm³/mol. The predicted octanol–water partition coefficient (Wildman–Crippen LogP) is 5.00. The van der Waals surface area contributed by atoms with Gasteiger partial charge in [-0.05, 0) is 69.1 Å². The van der Waals surface area contributed by atoms with Gasteiger partial charge in [-0.2, -0.15) is 0 Å². The van der Waals surface area contributed by atoms with E-state index in [1.165, 1.54) is 5.56 Å². The molecule has 1 heterocycles. The van der Waals surface area contributed by atoms with E-state index in [9.17, 15) is 9.59 Å². The molecule has 0 N–H and O–H groups in total. The minimum atomic E-state index is -0.552. The van der Waals surface area contributed by atoms with Gasteiger partial charge in [-0.1, -0.05) is 19.9 Å². The minimum Gasteiger partial charge on any atom is -0.493 e. The lowest BCUT2D eigenvalue weighted by Crippen LogP contribution is -2.35. The zero-order valence-electron chi connectivity index (χ0n) is 22.0. The molecule has 1 aromatic carbocycles. The molecule has 1 amide bonds. The Balaban J connectivity index is 2.08. The maximum atomic E-state index is 12.6. The fourth-order valence-corrected chi connectivity index (χ4v) is 4.40. The number of amides is 1. The second-order valence-electron chi connectivity index (χ2n) is 10.6. The lowest BCUT2D eigenvalue weighted by atomic mass is 9.79. The van der Waals surface area contributed by atoms with E-state index in [0.29, 0.717) is 43.9 Å². The number of carbonyl (C=O) groups excluding carboxylic acids is 2. The Kier molecular flexibility index (Phi) is 10.7. The number of benzene rings is 1. The number of methoxy groups -OCH3 is 2. The molecule has 1 aliphatic heterocycles. The molecule has 0 radical (unpaired) electrons. The molecule has 0 aromatic heterocycles. The van der Waals surface area contributed by atoms with Crippen LogP contribution in [0.25, 0.3) is 0 Å². The van der Waals surface area contributed by atoms with Crippen LogP contribution < -0.4 is 9.47 Å². The molecule has 1 saturated heterocycles. The van der Waals surface area contributed by atoms with Crippen LogP contribution in [0.3, 0.4) is 0 Å². The minimum absolute atomic E-state index is 0.125. The molecule has 1 fully saturated rings. The second kappa shape index (κ2) is 13.0.